The lowest BCUT2D eigenvalue weighted by atomic mass is 9.96. The van der Waals surface area contributed by atoms with Crippen LogP contribution in [0.3, 0.4) is 0 Å². The quantitative estimate of drug-likeness (QED) is 0.147. The van der Waals surface area contributed by atoms with Crippen LogP contribution in [0.4, 0.5) is 0 Å². The van der Waals surface area contributed by atoms with Crippen LogP contribution >= 0.6 is 0 Å². The van der Waals surface area contributed by atoms with Crippen molar-refractivity contribution in [1.29, 1.82) is 0 Å². The monoisotopic (exact) mass is 421 g/mol. The lowest BCUT2D eigenvalue weighted by Crippen LogP contribution is -2.40. The highest BCUT2D eigenvalue weighted by Gasteiger charge is 2.28. The van der Waals surface area contributed by atoms with Gasteiger partial charge >= 0.3 is 5.97 Å². The zero-order valence-corrected chi connectivity index (χ0v) is 19.9. The molecule has 0 atom stereocenters. The van der Waals surface area contributed by atoms with E-state index < -0.39 is 0 Å². The van der Waals surface area contributed by atoms with Crippen molar-refractivity contribution in [3.8, 4) is 0 Å². The number of rotatable bonds is 17. The molecule has 0 aromatic carbocycles. The Morgan fingerprint density at radius 2 is 1.23 bits per heavy atom. The van der Waals surface area contributed by atoms with E-state index in [0.717, 1.165) is 12.8 Å². The number of likely N-dealkylation sites (tertiary alicyclic amines) is 1. The van der Waals surface area contributed by atoms with E-state index in [9.17, 15) is 9.59 Å². The number of amides is 1. The molecule has 0 aliphatic carbocycles. The molecule has 0 spiro atoms. The highest BCUT2D eigenvalue weighted by atomic mass is 16.5. The first-order valence-electron chi connectivity index (χ1n) is 12.7. The molecule has 1 amide bonds. The predicted octanol–water partition coefficient (Wildman–Crippen LogP) is 6.83. The summed E-state index contributed by atoms with van der Waals surface area (Å²) in [6.07, 6.45) is 20.0. The summed E-state index contributed by atoms with van der Waals surface area (Å²) < 4.78 is 5.47. The number of esters is 1. The Balaban J connectivity index is 1.88. The predicted molar refractivity (Wildman–Crippen MR) is 125 cm³/mol. The van der Waals surface area contributed by atoms with Gasteiger partial charge in [-0.3, -0.25) is 9.59 Å². The van der Waals surface area contributed by atoms with Gasteiger partial charge in [0.2, 0.25) is 5.91 Å². The topological polar surface area (TPSA) is 46.6 Å². The normalized spacial score (nSPS) is 14.7. The van der Waals surface area contributed by atoms with Crippen molar-refractivity contribution >= 4 is 11.9 Å². The molecule has 0 radical (unpaired) electrons. The highest BCUT2D eigenvalue weighted by molar-refractivity contribution is 5.92. The number of ether oxygens (including phenoxy) is 1. The fourth-order valence-electron chi connectivity index (χ4n) is 4.18. The van der Waals surface area contributed by atoms with Crippen LogP contribution < -0.4 is 0 Å². The fourth-order valence-corrected chi connectivity index (χ4v) is 4.18. The van der Waals surface area contributed by atoms with Crippen LogP contribution in [0.1, 0.15) is 117 Å². The Hall–Kier alpha value is -1.32. The number of piperidine rings is 1. The largest absolute Gasteiger partial charge is 0.465 e. The van der Waals surface area contributed by atoms with Gasteiger partial charge in [-0.05, 0) is 26.2 Å². The summed E-state index contributed by atoms with van der Waals surface area (Å²) in [6, 6.07) is 0. The molecule has 4 heteroatoms. The van der Waals surface area contributed by atoms with Crippen LogP contribution in [0.2, 0.25) is 0 Å². The summed E-state index contributed by atoms with van der Waals surface area (Å²) in [5.74, 6) is -0.123. The van der Waals surface area contributed by atoms with Gasteiger partial charge in [0.1, 0.15) is 0 Å². The Kier molecular flexibility index (Phi) is 15.5. The minimum Gasteiger partial charge on any atom is -0.465 e. The number of hydrogen-bond acceptors (Lipinski definition) is 3. The molecule has 0 bridgehead atoms. The van der Waals surface area contributed by atoms with Gasteiger partial charge in [0.25, 0.3) is 0 Å². The average Bonchev–Trinajstić information content (AvgIpc) is 2.75. The highest BCUT2D eigenvalue weighted by Crippen LogP contribution is 2.20. The molecule has 1 aliphatic rings. The molecule has 30 heavy (non-hydrogen) atoms. The van der Waals surface area contributed by atoms with Gasteiger partial charge < -0.3 is 9.64 Å². The number of nitrogens with zero attached hydrogens (tertiary/aromatic N) is 1. The average molecular weight is 422 g/mol. The van der Waals surface area contributed by atoms with E-state index in [2.05, 4.69) is 13.5 Å². The van der Waals surface area contributed by atoms with E-state index in [4.69, 9.17) is 4.74 Å². The van der Waals surface area contributed by atoms with Gasteiger partial charge in [-0.1, -0.05) is 97.0 Å². The van der Waals surface area contributed by atoms with E-state index in [1.54, 1.807) is 11.8 Å². The Bertz CT molecular complexity index is 481. The van der Waals surface area contributed by atoms with Gasteiger partial charge in [0.05, 0.1) is 12.5 Å². The molecule has 1 heterocycles. The third-order valence-corrected chi connectivity index (χ3v) is 6.22. The number of hydrogen-bond donors (Lipinski definition) is 0. The van der Waals surface area contributed by atoms with Crippen LogP contribution in [0.25, 0.3) is 0 Å². The fraction of sp³-hybridized carbons (Fsp3) is 0.846. The van der Waals surface area contributed by atoms with Gasteiger partial charge in [0, 0.05) is 18.7 Å². The van der Waals surface area contributed by atoms with Crippen molar-refractivity contribution < 1.29 is 14.3 Å². The molecule has 1 saturated heterocycles. The summed E-state index contributed by atoms with van der Waals surface area (Å²) in [4.78, 5) is 25.9. The lowest BCUT2D eigenvalue weighted by molar-refractivity contribution is -0.151. The first-order chi connectivity index (χ1) is 14.6. The molecule has 0 N–H and O–H groups in total. The maximum absolute atomic E-state index is 12.2. The third kappa shape index (κ3) is 12.4. The van der Waals surface area contributed by atoms with Crippen molar-refractivity contribution in [2.75, 3.05) is 19.7 Å². The molecule has 0 aromatic rings. The van der Waals surface area contributed by atoms with Crippen molar-refractivity contribution in [2.45, 2.75) is 117 Å². The molecule has 0 unspecified atom stereocenters. The van der Waals surface area contributed by atoms with Gasteiger partial charge in [-0.15, -0.1) is 0 Å². The second-order valence-electron chi connectivity index (χ2n) is 9.11. The van der Waals surface area contributed by atoms with E-state index in [0.29, 0.717) is 38.1 Å². The van der Waals surface area contributed by atoms with E-state index in [-0.39, 0.29) is 17.8 Å². The zero-order chi connectivity index (χ0) is 22.0. The second kappa shape index (κ2) is 17.4. The molecule has 1 aliphatic heterocycles. The maximum Gasteiger partial charge on any atom is 0.309 e. The molecule has 4 nitrogen and oxygen atoms in total. The molecule has 1 rings (SSSR count). The molecule has 0 saturated carbocycles. The summed E-state index contributed by atoms with van der Waals surface area (Å²) >= 11 is 0. The smallest absolute Gasteiger partial charge is 0.309 e. The summed E-state index contributed by atoms with van der Waals surface area (Å²) in [7, 11) is 0. The van der Waals surface area contributed by atoms with Crippen LogP contribution in [0, 0.1) is 5.92 Å². The van der Waals surface area contributed by atoms with Gasteiger partial charge in [0.15, 0.2) is 0 Å². The first-order valence-corrected chi connectivity index (χ1v) is 12.7. The third-order valence-electron chi connectivity index (χ3n) is 6.22. The van der Waals surface area contributed by atoms with Crippen LogP contribution in [0.15, 0.2) is 12.2 Å². The zero-order valence-electron chi connectivity index (χ0n) is 19.9. The Morgan fingerprint density at radius 3 is 1.67 bits per heavy atom. The van der Waals surface area contributed by atoms with Crippen molar-refractivity contribution in [1.82, 2.24) is 4.90 Å². The summed E-state index contributed by atoms with van der Waals surface area (Å²) in [5.41, 5.74) is 0.564. The Labute approximate surface area is 185 Å². The Morgan fingerprint density at radius 1 is 0.800 bits per heavy atom. The standard InChI is InChI=1S/C26H47NO3/c1-4-5-6-7-8-9-10-11-12-13-14-15-16-17-22-30-26(29)24-18-20-27(21-19-24)25(28)23(2)3/h24H,2,4-22H2,1,3H3. The summed E-state index contributed by atoms with van der Waals surface area (Å²) in [6.45, 7) is 9.51. The number of carbonyl (C=O) groups is 2. The summed E-state index contributed by atoms with van der Waals surface area (Å²) in [5, 5.41) is 0. The van der Waals surface area contributed by atoms with E-state index >= 15 is 0 Å². The first kappa shape index (κ1) is 26.7. The van der Waals surface area contributed by atoms with E-state index in [1.165, 1.54) is 77.0 Å². The van der Waals surface area contributed by atoms with Gasteiger partial charge in [-0.25, -0.2) is 0 Å². The molecular formula is C26H47NO3. The van der Waals surface area contributed by atoms with Crippen LogP contribution in [0.5, 0.6) is 0 Å². The van der Waals surface area contributed by atoms with Crippen LogP contribution in [-0.2, 0) is 14.3 Å². The van der Waals surface area contributed by atoms with Crippen molar-refractivity contribution in [3.05, 3.63) is 12.2 Å². The van der Waals surface area contributed by atoms with Gasteiger partial charge in [-0.2, -0.15) is 0 Å². The molecule has 1 fully saturated rings. The number of carbonyl (C=O) groups excluding carboxylic acids is 2. The molecular weight excluding hydrogens is 374 g/mol. The minimum atomic E-state index is -0.0767. The van der Waals surface area contributed by atoms with Crippen molar-refractivity contribution in [3.63, 3.8) is 0 Å². The lowest BCUT2D eigenvalue weighted by Gasteiger charge is -2.31. The molecule has 0 aromatic heterocycles. The van der Waals surface area contributed by atoms with Crippen LogP contribution in [-0.4, -0.2) is 36.5 Å². The molecule has 174 valence electrons. The van der Waals surface area contributed by atoms with E-state index in [1.807, 2.05) is 0 Å². The second-order valence-corrected chi connectivity index (χ2v) is 9.11. The maximum atomic E-state index is 12.2. The number of unbranched alkanes of at least 4 members (excludes halogenated alkanes) is 13. The SMILES string of the molecule is C=C(C)C(=O)N1CCC(C(=O)OCCCCCCCCCCCCCCCC)CC1. The minimum absolute atomic E-state index is 0.00391. The van der Waals surface area contributed by atoms with Crippen molar-refractivity contribution in [2.24, 2.45) is 5.92 Å².